The van der Waals surface area contributed by atoms with E-state index in [4.69, 9.17) is 16.3 Å². The van der Waals surface area contributed by atoms with Gasteiger partial charge in [-0.3, -0.25) is 4.79 Å². The molecule has 2 aromatic carbocycles. The number of nitrogens with one attached hydrogen (secondary N) is 1. The molecule has 25 heavy (non-hydrogen) atoms. The maximum atomic E-state index is 12.3. The zero-order chi connectivity index (χ0) is 17.8. The monoisotopic (exact) mass is 360 g/mol. The first kappa shape index (κ1) is 17.3. The minimum absolute atomic E-state index is 0.0411. The molecule has 0 aromatic heterocycles. The van der Waals surface area contributed by atoms with E-state index in [0.29, 0.717) is 36.9 Å². The van der Waals surface area contributed by atoms with E-state index in [9.17, 15) is 14.7 Å². The van der Waals surface area contributed by atoms with Gasteiger partial charge in [0.1, 0.15) is 0 Å². The van der Waals surface area contributed by atoms with Crippen LogP contribution in [0, 0.1) is 0 Å². The Balaban J connectivity index is 1.85. The van der Waals surface area contributed by atoms with Crippen LogP contribution in [0.5, 0.6) is 0 Å². The molecule has 0 radical (unpaired) electrons. The van der Waals surface area contributed by atoms with E-state index in [1.165, 1.54) is 6.07 Å². The largest absolute Gasteiger partial charge is 0.478 e. The summed E-state index contributed by atoms with van der Waals surface area (Å²) in [5, 5.41) is 12.6. The van der Waals surface area contributed by atoms with Crippen molar-refractivity contribution in [2.45, 2.75) is 0 Å². The molecule has 0 bridgehead atoms. The van der Waals surface area contributed by atoms with Crippen LogP contribution >= 0.6 is 11.6 Å². The van der Waals surface area contributed by atoms with Crippen molar-refractivity contribution in [2.24, 2.45) is 0 Å². The van der Waals surface area contributed by atoms with Crippen molar-refractivity contribution in [2.75, 3.05) is 36.5 Å². The van der Waals surface area contributed by atoms with Crippen LogP contribution in [0.2, 0.25) is 5.02 Å². The summed E-state index contributed by atoms with van der Waals surface area (Å²) in [6.45, 7) is 2.62. The molecule has 1 fully saturated rings. The molecule has 0 atom stereocenters. The summed E-state index contributed by atoms with van der Waals surface area (Å²) in [5.74, 6) is -1.51. The second kappa shape index (κ2) is 7.55. The molecule has 1 heterocycles. The summed E-state index contributed by atoms with van der Waals surface area (Å²) < 4.78 is 5.31. The van der Waals surface area contributed by atoms with Crippen molar-refractivity contribution >= 4 is 34.9 Å². The molecular formula is C18H17ClN2O4. The number of carbonyl (C=O) groups excluding carboxylic acids is 1. The van der Waals surface area contributed by atoms with Crippen LogP contribution in [0.25, 0.3) is 0 Å². The summed E-state index contributed by atoms with van der Waals surface area (Å²) in [6, 6.07) is 11.4. The third kappa shape index (κ3) is 4.10. The molecule has 6 nitrogen and oxygen atoms in total. The summed E-state index contributed by atoms with van der Waals surface area (Å²) in [6.07, 6.45) is 0. The van der Waals surface area contributed by atoms with E-state index in [1.807, 2.05) is 0 Å². The third-order valence-electron chi connectivity index (χ3n) is 3.94. The summed E-state index contributed by atoms with van der Waals surface area (Å²) in [4.78, 5) is 26.0. The zero-order valence-electron chi connectivity index (χ0n) is 13.4. The van der Waals surface area contributed by atoms with Gasteiger partial charge in [-0.05, 0) is 36.4 Å². The Labute approximate surface area is 150 Å². The highest BCUT2D eigenvalue weighted by Crippen LogP contribution is 2.25. The normalized spacial score (nSPS) is 14.2. The van der Waals surface area contributed by atoms with Crippen molar-refractivity contribution < 1.29 is 19.4 Å². The lowest BCUT2D eigenvalue weighted by Crippen LogP contribution is -2.36. The van der Waals surface area contributed by atoms with Gasteiger partial charge in [0.2, 0.25) is 0 Å². The maximum Gasteiger partial charge on any atom is 0.337 e. The lowest BCUT2D eigenvalue weighted by molar-refractivity contribution is 0.0698. The molecular weight excluding hydrogens is 344 g/mol. The quantitative estimate of drug-likeness (QED) is 0.875. The number of aromatic carboxylic acids is 1. The first-order valence-corrected chi connectivity index (χ1v) is 8.19. The Hall–Kier alpha value is -2.57. The van der Waals surface area contributed by atoms with Gasteiger partial charge in [-0.2, -0.15) is 0 Å². The number of amides is 1. The molecule has 2 aromatic rings. The van der Waals surface area contributed by atoms with Crippen molar-refractivity contribution in [3.8, 4) is 0 Å². The van der Waals surface area contributed by atoms with E-state index >= 15 is 0 Å². The van der Waals surface area contributed by atoms with Crippen LogP contribution in [-0.2, 0) is 4.74 Å². The fraction of sp³-hybridized carbons (Fsp3) is 0.222. The molecule has 2 N–H and O–H groups in total. The minimum atomic E-state index is -1.10. The first-order chi connectivity index (χ1) is 12.0. The number of hydrogen-bond acceptors (Lipinski definition) is 4. The van der Waals surface area contributed by atoms with Crippen molar-refractivity contribution in [1.29, 1.82) is 0 Å². The molecule has 7 heteroatoms. The topological polar surface area (TPSA) is 78.9 Å². The Morgan fingerprint density at radius 1 is 1.12 bits per heavy atom. The van der Waals surface area contributed by atoms with Crippen LogP contribution in [0.1, 0.15) is 20.7 Å². The summed E-state index contributed by atoms with van der Waals surface area (Å²) in [5.41, 5.74) is 1.44. The van der Waals surface area contributed by atoms with Gasteiger partial charge in [-0.1, -0.05) is 17.7 Å². The van der Waals surface area contributed by atoms with Crippen molar-refractivity contribution in [3.05, 3.63) is 58.6 Å². The smallest absolute Gasteiger partial charge is 0.337 e. The number of halogens is 1. The van der Waals surface area contributed by atoms with E-state index in [1.54, 1.807) is 36.4 Å². The number of benzene rings is 2. The standard InChI is InChI=1S/C18H17ClN2O4/c19-13-3-1-2-12(10-13)17(22)20-16-5-4-14(11-15(16)18(23)24)21-6-8-25-9-7-21/h1-5,10-11H,6-9H2,(H,20,22)(H,23,24). The fourth-order valence-electron chi connectivity index (χ4n) is 2.66. The van der Waals surface area contributed by atoms with Gasteiger partial charge in [0, 0.05) is 29.4 Å². The molecule has 3 rings (SSSR count). The first-order valence-electron chi connectivity index (χ1n) is 7.81. The summed E-state index contributed by atoms with van der Waals surface area (Å²) >= 11 is 5.89. The number of hydrogen-bond donors (Lipinski definition) is 2. The third-order valence-corrected chi connectivity index (χ3v) is 4.18. The SMILES string of the molecule is O=C(Nc1ccc(N2CCOCC2)cc1C(=O)O)c1cccc(Cl)c1. The lowest BCUT2D eigenvalue weighted by atomic mass is 10.1. The molecule has 0 aliphatic carbocycles. The van der Waals surface area contributed by atoms with Gasteiger partial charge in [-0.25, -0.2) is 4.79 Å². The van der Waals surface area contributed by atoms with Gasteiger partial charge < -0.3 is 20.1 Å². The van der Waals surface area contributed by atoms with E-state index < -0.39 is 11.9 Å². The van der Waals surface area contributed by atoms with E-state index in [2.05, 4.69) is 10.2 Å². The number of carboxylic acids is 1. The van der Waals surface area contributed by atoms with Crippen molar-refractivity contribution in [3.63, 3.8) is 0 Å². The van der Waals surface area contributed by atoms with Crippen LogP contribution < -0.4 is 10.2 Å². The molecule has 0 saturated carbocycles. The average molecular weight is 361 g/mol. The Morgan fingerprint density at radius 2 is 1.88 bits per heavy atom. The van der Waals surface area contributed by atoms with Crippen LogP contribution in [0.3, 0.4) is 0 Å². The summed E-state index contributed by atoms with van der Waals surface area (Å²) in [7, 11) is 0. The number of morpholine rings is 1. The second-order valence-corrected chi connectivity index (χ2v) is 6.04. The molecule has 130 valence electrons. The highest BCUT2D eigenvalue weighted by Gasteiger charge is 2.18. The molecule has 1 aliphatic rings. The second-order valence-electron chi connectivity index (χ2n) is 5.60. The van der Waals surface area contributed by atoms with Crippen molar-refractivity contribution in [1.82, 2.24) is 0 Å². The predicted octanol–water partition coefficient (Wildman–Crippen LogP) is 3.13. The van der Waals surface area contributed by atoms with Gasteiger partial charge in [0.05, 0.1) is 24.5 Å². The Morgan fingerprint density at radius 3 is 2.56 bits per heavy atom. The number of nitrogens with zero attached hydrogens (tertiary/aromatic N) is 1. The highest BCUT2D eigenvalue weighted by molar-refractivity contribution is 6.31. The lowest BCUT2D eigenvalue weighted by Gasteiger charge is -2.29. The highest BCUT2D eigenvalue weighted by atomic mass is 35.5. The molecule has 0 spiro atoms. The Kier molecular flexibility index (Phi) is 5.21. The van der Waals surface area contributed by atoms with Crippen LogP contribution in [-0.4, -0.2) is 43.3 Å². The predicted molar refractivity (Wildman–Crippen MR) is 95.8 cm³/mol. The van der Waals surface area contributed by atoms with Gasteiger partial charge in [-0.15, -0.1) is 0 Å². The number of rotatable bonds is 4. The van der Waals surface area contributed by atoms with E-state index in [0.717, 1.165) is 5.69 Å². The van der Waals surface area contributed by atoms with E-state index in [-0.39, 0.29) is 11.3 Å². The molecule has 1 amide bonds. The number of anilines is 2. The zero-order valence-corrected chi connectivity index (χ0v) is 14.1. The van der Waals surface area contributed by atoms with Gasteiger partial charge >= 0.3 is 5.97 Å². The molecule has 0 unspecified atom stereocenters. The van der Waals surface area contributed by atoms with Crippen LogP contribution in [0.15, 0.2) is 42.5 Å². The maximum absolute atomic E-state index is 12.3. The number of carboxylic acid groups (broad SMARTS) is 1. The van der Waals surface area contributed by atoms with Crippen LogP contribution in [0.4, 0.5) is 11.4 Å². The fourth-order valence-corrected chi connectivity index (χ4v) is 2.85. The van der Waals surface area contributed by atoms with Gasteiger partial charge in [0.15, 0.2) is 0 Å². The molecule has 1 saturated heterocycles. The average Bonchev–Trinajstić information content (AvgIpc) is 2.62. The Bertz CT molecular complexity index is 803. The van der Waals surface area contributed by atoms with Gasteiger partial charge in [0.25, 0.3) is 5.91 Å². The number of ether oxygens (including phenoxy) is 1. The molecule has 1 aliphatic heterocycles. The number of carbonyl (C=O) groups is 2. The minimum Gasteiger partial charge on any atom is -0.478 e.